The molecule has 0 bridgehead atoms. The van der Waals surface area contributed by atoms with Crippen molar-refractivity contribution < 1.29 is 23.8 Å². The lowest BCUT2D eigenvalue weighted by Crippen LogP contribution is -2.48. The summed E-state index contributed by atoms with van der Waals surface area (Å²) < 4.78 is 10.7. The zero-order valence-corrected chi connectivity index (χ0v) is 12.6. The number of hydrogen-bond donors (Lipinski definition) is 1. The third-order valence-electron chi connectivity index (χ3n) is 3.64. The van der Waals surface area contributed by atoms with E-state index in [2.05, 4.69) is 4.98 Å². The van der Waals surface area contributed by atoms with Crippen molar-refractivity contribution in [2.75, 3.05) is 19.7 Å². The van der Waals surface area contributed by atoms with Gasteiger partial charge < -0.3 is 19.2 Å². The number of carboxylic acids is 1. The Morgan fingerprint density at radius 2 is 2.04 bits per heavy atom. The molecule has 23 heavy (non-hydrogen) atoms. The van der Waals surface area contributed by atoms with Crippen molar-refractivity contribution in [1.29, 1.82) is 0 Å². The van der Waals surface area contributed by atoms with Crippen molar-refractivity contribution in [3.8, 4) is 11.5 Å². The quantitative estimate of drug-likeness (QED) is 0.924. The average molecular weight is 316 g/mol. The number of carbonyl (C=O) groups is 2. The summed E-state index contributed by atoms with van der Waals surface area (Å²) in [6.45, 7) is 2.19. The molecular formula is C16H16N2O5. The molecular weight excluding hydrogens is 300 g/mol. The van der Waals surface area contributed by atoms with Crippen molar-refractivity contribution in [3.63, 3.8) is 0 Å². The molecule has 1 N–H and O–H groups in total. The summed E-state index contributed by atoms with van der Waals surface area (Å²) in [6.07, 6.45) is -1.01. The Bertz CT molecular complexity index is 725. The van der Waals surface area contributed by atoms with E-state index in [0.717, 1.165) is 5.56 Å². The maximum absolute atomic E-state index is 12.6. The summed E-state index contributed by atoms with van der Waals surface area (Å²) in [7, 11) is 0. The highest BCUT2D eigenvalue weighted by atomic mass is 16.5. The molecule has 120 valence electrons. The highest BCUT2D eigenvalue weighted by molar-refractivity contribution is 5.93. The number of benzene rings is 1. The second-order valence-electron chi connectivity index (χ2n) is 5.25. The molecule has 1 aliphatic heterocycles. The van der Waals surface area contributed by atoms with E-state index in [1.54, 1.807) is 6.92 Å². The first-order valence-electron chi connectivity index (χ1n) is 7.23. The number of hydrogen-bond acceptors (Lipinski definition) is 5. The maximum atomic E-state index is 12.6. The van der Waals surface area contributed by atoms with Crippen LogP contribution in [-0.4, -0.2) is 52.7 Å². The van der Waals surface area contributed by atoms with E-state index >= 15 is 0 Å². The van der Waals surface area contributed by atoms with Gasteiger partial charge in [-0.3, -0.25) is 4.79 Å². The molecule has 1 saturated heterocycles. The molecule has 1 amide bonds. The van der Waals surface area contributed by atoms with E-state index < -0.39 is 12.1 Å². The molecule has 3 rings (SSSR count). The fraction of sp³-hybridized carbons (Fsp3) is 0.312. The second-order valence-corrected chi connectivity index (χ2v) is 5.25. The lowest BCUT2D eigenvalue weighted by molar-refractivity contribution is -0.154. The molecule has 1 atom stereocenters. The molecule has 0 radical (unpaired) electrons. The second kappa shape index (κ2) is 6.21. The molecule has 0 spiro atoms. The third kappa shape index (κ3) is 3.09. The van der Waals surface area contributed by atoms with Crippen molar-refractivity contribution in [2.45, 2.75) is 13.0 Å². The van der Waals surface area contributed by atoms with Gasteiger partial charge in [0.2, 0.25) is 11.7 Å². The number of nitrogens with zero attached hydrogens (tertiary/aromatic N) is 2. The number of carboxylic acid groups (broad SMARTS) is 1. The maximum Gasteiger partial charge on any atom is 0.334 e. The minimum atomic E-state index is -1.08. The van der Waals surface area contributed by atoms with Crippen LogP contribution in [0.25, 0.3) is 11.5 Å². The Morgan fingerprint density at radius 3 is 2.74 bits per heavy atom. The Balaban J connectivity index is 1.83. The Labute approximate surface area is 132 Å². The third-order valence-corrected chi connectivity index (χ3v) is 3.64. The van der Waals surface area contributed by atoms with Crippen LogP contribution in [0.15, 0.2) is 34.7 Å². The molecule has 1 aliphatic rings. The van der Waals surface area contributed by atoms with Crippen LogP contribution in [-0.2, 0) is 9.53 Å². The van der Waals surface area contributed by atoms with E-state index in [9.17, 15) is 9.59 Å². The summed E-state index contributed by atoms with van der Waals surface area (Å²) >= 11 is 0. The van der Waals surface area contributed by atoms with Crippen molar-refractivity contribution >= 4 is 11.9 Å². The number of aliphatic carboxylic acids is 1. The minimum absolute atomic E-state index is 0.00498. The standard InChI is InChI=1S/C16H16N2O5/c1-10-13(23-14(17-10)11-5-3-2-4-6-11)15(19)18-7-8-22-12(9-18)16(20)21/h2-6,12H,7-9H2,1H3,(H,20,21)/t12-/m0/s1. The molecule has 1 aromatic heterocycles. The number of carbonyl (C=O) groups excluding carboxylic acids is 1. The molecule has 1 fully saturated rings. The van der Waals surface area contributed by atoms with Crippen LogP contribution in [0.1, 0.15) is 16.2 Å². The van der Waals surface area contributed by atoms with Crippen molar-refractivity contribution in [1.82, 2.24) is 9.88 Å². The van der Waals surface area contributed by atoms with Gasteiger partial charge >= 0.3 is 5.97 Å². The molecule has 7 nitrogen and oxygen atoms in total. The summed E-state index contributed by atoms with van der Waals surface area (Å²) in [5.41, 5.74) is 1.26. The first kappa shape index (κ1) is 15.2. The van der Waals surface area contributed by atoms with E-state index in [4.69, 9.17) is 14.3 Å². The topological polar surface area (TPSA) is 92.9 Å². The highest BCUT2D eigenvalue weighted by Crippen LogP contribution is 2.23. The summed E-state index contributed by atoms with van der Waals surface area (Å²) in [5, 5.41) is 9.02. The van der Waals surface area contributed by atoms with Gasteiger partial charge in [-0.1, -0.05) is 18.2 Å². The van der Waals surface area contributed by atoms with Gasteiger partial charge in [-0.05, 0) is 19.1 Å². The smallest absolute Gasteiger partial charge is 0.334 e. The van der Waals surface area contributed by atoms with E-state index in [-0.39, 0.29) is 24.8 Å². The monoisotopic (exact) mass is 316 g/mol. The summed E-state index contributed by atoms with van der Waals surface area (Å²) in [5.74, 6) is -0.946. The number of aromatic nitrogens is 1. The van der Waals surface area contributed by atoms with Crippen molar-refractivity contribution in [3.05, 3.63) is 41.8 Å². The first-order valence-corrected chi connectivity index (χ1v) is 7.23. The van der Waals surface area contributed by atoms with Gasteiger partial charge in [-0.15, -0.1) is 0 Å². The van der Waals surface area contributed by atoms with E-state index in [1.807, 2.05) is 30.3 Å². The minimum Gasteiger partial charge on any atom is -0.479 e. The van der Waals surface area contributed by atoms with Gasteiger partial charge in [0, 0.05) is 12.1 Å². The Hall–Kier alpha value is -2.67. The molecule has 2 aromatic rings. The molecule has 0 aliphatic carbocycles. The van der Waals surface area contributed by atoms with E-state index in [1.165, 1.54) is 4.90 Å². The number of oxazole rings is 1. The normalized spacial score (nSPS) is 18.0. The fourth-order valence-corrected chi connectivity index (χ4v) is 2.43. The SMILES string of the molecule is Cc1nc(-c2ccccc2)oc1C(=O)N1CCO[C@H](C(=O)O)C1. The van der Waals surface area contributed by atoms with Gasteiger partial charge in [0.25, 0.3) is 5.91 Å². The largest absolute Gasteiger partial charge is 0.479 e. The van der Waals surface area contributed by atoms with Crippen LogP contribution in [0, 0.1) is 6.92 Å². The number of rotatable bonds is 3. The summed E-state index contributed by atoms with van der Waals surface area (Å²) in [4.78, 5) is 29.3. The lowest BCUT2D eigenvalue weighted by atomic mass is 10.2. The number of amides is 1. The van der Waals surface area contributed by atoms with Crippen LogP contribution in [0.4, 0.5) is 0 Å². The molecule has 2 heterocycles. The van der Waals surface area contributed by atoms with Gasteiger partial charge in [-0.2, -0.15) is 0 Å². The Morgan fingerprint density at radius 1 is 1.30 bits per heavy atom. The van der Waals surface area contributed by atoms with Crippen LogP contribution in [0.2, 0.25) is 0 Å². The van der Waals surface area contributed by atoms with Crippen LogP contribution < -0.4 is 0 Å². The number of aryl methyl sites for hydroxylation is 1. The predicted molar refractivity (Wildman–Crippen MR) is 80.0 cm³/mol. The highest BCUT2D eigenvalue weighted by Gasteiger charge is 2.32. The number of morpholine rings is 1. The molecule has 7 heteroatoms. The van der Waals surface area contributed by atoms with Crippen LogP contribution >= 0.6 is 0 Å². The number of ether oxygens (including phenoxy) is 1. The van der Waals surface area contributed by atoms with Crippen molar-refractivity contribution in [2.24, 2.45) is 0 Å². The van der Waals surface area contributed by atoms with Crippen LogP contribution in [0.5, 0.6) is 0 Å². The zero-order valence-electron chi connectivity index (χ0n) is 12.6. The molecule has 0 unspecified atom stereocenters. The van der Waals surface area contributed by atoms with Gasteiger partial charge in [0.05, 0.1) is 18.8 Å². The molecule has 0 saturated carbocycles. The summed E-state index contributed by atoms with van der Waals surface area (Å²) in [6, 6.07) is 9.28. The first-order chi connectivity index (χ1) is 11.1. The molecule has 1 aromatic carbocycles. The average Bonchev–Trinajstić information content (AvgIpc) is 2.97. The zero-order chi connectivity index (χ0) is 16.4. The van der Waals surface area contributed by atoms with Gasteiger partial charge in [0.1, 0.15) is 0 Å². The van der Waals surface area contributed by atoms with Crippen LogP contribution in [0.3, 0.4) is 0 Å². The Kier molecular flexibility index (Phi) is 4.12. The predicted octanol–water partition coefficient (Wildman–Crippen LogP) is 1.58. The van der Waals surface area contributed by atoms with Gasteiger partial charge in [-0.25, -0.2) is 9.78 Å². The van der Waals surface area contributed by atoms with Gasteiger partial charge in [0.15, 0.2) is 6.10 Å². The fourth-order valence-electron chi connectivity index (χ4n) is 2.43. The lowest BCUT2D eigenvalue weighted by Gasteiger charge is -2.30. The van der Waals surface area contributed by atoms with E-state index in [0.29, 0.717) is 18.1 Å².